The molecule has 2 heterocycles. The van der Waals surface area contributed by atoms with Gasteiger partial charge >= 0.3 is 5.97 Å². The molecular formula is C10H14N2O5. The highest BCUT2D eigenvalue weighted by molar-refractivity contribution is 5.32. The first-order valence-electron chi connectivity index (χ1n) is 5.06. The first kappa shape index (κ1) is 11.8. The third-order valence-corrected chi connectivity index (χ3v) is 2.67. The van der Waals surface area contributed by atoms with Crippen LogP contribution >= 0.6 is 0 Å². The van der Waals surface area contributed by atoms with Crippen LogP contribution in [0.25, 0.3) is 0 Å². The average molecular weight is 242 g/mol. The highest BCUT2D eigenvalue weighted by Gasteiger charge is 2.39. The minimum atomic E-state index is -2.79. The lowest BCUT2D eigenvalue weighted by Crippen LogP contribution is -2.42. The minimum absolute atomic E-state index is 0.00991. The Bertz CT molecular complexity index is 413. The molecule has 1 unspecified atom stereocenters. The fourth-order valence-electron chi connectivity index (χ4n) is 1.60. The molecule has 0 bridgehead atoms. The Morgan fingerprint density at radius 1 is 1.47 bits per heavy atom. The molecule has 0 fully saturated rings. The fourth-order valence-corrected chi connectivity index (χ4v) is 1.60. The second-order valence-corrected chi connectivity index (χ2v) is 3.91. The van der Waals surface area contributed by atoms with Gasteiger partial charge in [-0.2, -0.15) is 0 Å². The van der Waals surface area contributed by atoms with E-state index in [2.05, 4.69) is 10.2 Å². The smallest absolute Gasteiger partial charge is 0.384 e. The molecule has 0 amide bonds. The quantitative estimate of drug-likeness (QED) is 0.419. The average Bonchev–Trinajstić information content (AvgIpc) is 2.66. The lowest BCUT2D eigenvalue weighted by molar-refractivity contribution is -0.305. The van der Waals surface area contributed by atoms with Gasteiger partial charge in [-0.3, -0.25) is 0 Å². The van der Waals surface area contributed by atoms with E-state index in [1.54, 1.807) is 11.2 Å². The van der Waals surface area contributed by atoms with Gasteiger partial charge in [0.05, 0.1) is 12.1 Å². The van der Waals surface area contributed by atoms with Crippen LogP contribution in [-0.4, -0.2) is 44.0 Å². The minimum Gasteiger partial charge on any atom is -0.504 e. The van der Waals surface area contributed by atoms with E-state index >= 15 is 0 Å². The molecule has 0 aromatic heterocycles. The van der Waals surface area contributed by atoms with Crippen LogP contribution in [0.4, 0.5) is 0 Å². The highest BCUT2D eigenvalue weighted by atomic mass is 16.8. The Kier molecular flexibility index (Phi) is 2.74. The first-order valence-corrected chi connectivity index (χ1v) is 5.06. The lowest BCUT2D eigenvalue weighted by atomic mass is 10.1. The van der Waals surface area contributed by atoms with Gasteiger partial charge in [-0.25, -0.2) is 5.01 Å². The first-order chi connectivity index (χ1) is 7.92. The standard InChI is InChI=1S/C10H14N2O5/c1-6-2-3-11-12(6)4-7-8(13)5-17-10(15,16)9(7)14/h2-3,5-6,11,13-16H,4H2,1H3. The number of hydrogen-bond acceptors (Lipinski definition) is 7. The van der Waals surface area contributed by atoms with E-state index in [1.165, 1.54) is 0 Å². The molecule has 0 radical (unpaired) electrons. The molecule has 7 heteroatoms. The Morgan fingerprint density at radius 2 is 2.18 bits per heavy atom. The van der Waals surface area contributed by atoms with Crippen molar-refractivity contribution in [3.05, 3.63) is 35.6 Å². The number of nitrogens with one attached hydrogen (secondary N) is 1. The van der Waals surface area contributed by atoms with Crippen molar-refractivity contribution in [2.75, 3.05) is 6.54 Å². The molecule has 0 aliphatic carbocycles. The van der Waals surface area contributed by atoms with Gasteiger partial charge in [0.2, 0.25) is 5.76 Å². The van der Waals surface area contributed by atoms with Crippen molar-refractivity contribution >= 4 is 0 Å². The summed E-state index contributed by atoms with van der Waals surface area (Å²) in [7, 11) is 0. The summed E-state index contributed by atoms with van der Waals surface area (Å²) >= 11 is 0. The van der Waals surface area contributed by atoms with Gasteiger partial charge in [0, 0.05) is 12.2 Å². The topological polar surface area (TPSA) is 105 Å². The van der Waals surface area contributed by atoms with Gasteiger partial charge in [-0.1, -0.05) is 0 Å². The predicted octanol–water partition coefficient (Wildman–Crippen LogP) is -0.411. The Labute approximate surface area is 97.5 Å². The highest BCUT2D eigenvalue weighted by Crippen LogP contribution is 2.27. The van der Waals surface area contributed by atoms with Crippen molar-refractivity contribution < 1.29 is 25.2 Å². The van der Waals surface area contributed by atoms with Crippen LogP contribution < -0.4 is 5.43 Å². The van der Waals surface area contributed by atoms with E-state index in [9.17, 15) is 20.4 Å². The lowest BCUT2D eigenvalue weighted by Gasteiger charge is -2.29. The summed E-state index contributed by atoms with van der Waals surface area (Å²) in [5, 5.41) is 39.4. The van der Waals surface area contributed by atoms with E-state index in [0.29, 0.717) is 0 Å². The summed E-state index contributed by atoms with van der Waals surface area (Å²) < 4.78 is 4.35. The van der Waals surface area contributed by atoms with Crippen LogP contribution in [0.3, 0.4) is 0 Å². The maximum absolute atomic E-state index is 9.59. The summed E-state index contributed by atoms with van der Waals surface area (Å²) in [5.74, 6) is -3.96. The van der Waals surface area contributed by atoms with Gasteiger partial charge in [0.15, 0.2) is 5.76 Å². The molecule has 0 spiro atoms. The number of rotatable bonds is 2. The molecule has 2 aliphatic rings. The monoisotopic (exact) mass is 242 g/mol. The molecule has 5 N–H and O–H groups in total. The number of nitrogens with zero attached hydrogens (tertiary/aromatic N) is 1. The van der Waals surface area contributed by atoms with E-state index < -0.39 is 11.7 Å². The van der Waals surface area contributed by atoms with Crippen LogP contribution in [0.5, 0.6) is 0 Å². The van der Waals surface area contributed by atoms with Gasteiger partial charge in [0.25, 0.3) is 0 Å². The Hall–Kier alpha value is -1.70. The van der Waals surface area contributed by atoms with Gasteiger partial charge in [0.1, 0.15) is 6.26 Å². The number of hydrazine groups is 1. The van der Waals surface area contributed by atoms with Crippen LogP contribution in [-0.2, 0) is 4.74 Å². The number of aliphatic hydroxyl groups is 4. The zero-order valence-electron chi connectivity index (χ0n) is 9.16. The maximum atomic E-state index is 9.59. The van der Waals surface area contributed by atoms with E-state index in [-0.39, 0.29) is 23.9 Å². The zero-order chi connectivity index (χ0) is 12.6. The molecule has 2 rings (SSSR count). The van der Waals surface area contributed by atoms with Crippen molar-refractivity contribution in [2.24, 2.45) is 0 Å². The molecule has 0 aromatic rings. The van der Waals surface area contributed by atoms with Crippen LogP contribution in [0.1, 0.15) is 6.92 Å². The van der Waals surface area contributed by atoms with E-state index in [1.807, 2.05) is 13.0 Å². The number of hydrogen-bond donors (Lipinski definition) is 5. The molecule has 0 saturated carbocycles. The molecule has 1 atom stereocenters. The molecule has 94 valence electrons. The molecule has 0 saturated heterocycles. The third kappa shape index (κ3) is 2.07. The molecule has 0 aromatic carbocycles. The van der Waals surface area contributed by atoms with Crippen molar-refractivity contribution in [3.63, 3.8) is 0 Å². The van der Waals surface area contributed by atoms with Crippen molar-refractivity contribution in [2.45, 2.75) is 18.9 Å². The molecule has 2 aliphatic heterocycles. The number of ether oxygens (including phenoxy) is 1. The Morgan fingerprint density at radius 3 is 2.76 bits per heavy atom. The summed E-state index contributed by atoms with van der Waals surface area (Å²) in [6, 6.07) is 0.0535. The zero-order valence-corrected chi connectivity index (χ0v) is 9.16. The third-order valence-electron chi connectivity index (χ3n) is 2.67. The van der Waals surface area contributed by atoms with Crippen LogP contribution in [0.15, 0.2) is 35.6 Å². The van der Waals surface area contributed by atoms with Gasteiger partial charge in [-0.05, 0) is 13.0 Å². The van der Waals surface area contributed by atoms with E-state index in [0.717, 1.165) is 6.26 Å². The summed E-state index contributed by atoms with van der Waals surface area (Å²) in [4.78, 5) is 0. The summed E-state index contributed by atoms with van der Waals surface area (Å²) in [5.41, 5.74) is 2.88. The normalized spacial score (nSPS) is 27.7. The van der Waals surface area contributed by atoms with Crippen molar-refractivity contribution in [1.82, 2.24) is 10.4 Å². The van der Waals surface area contributed by atoms with Crippen LogP contribution in [0, 0.1) is 0 Å². The second kappa shape index (κ2) is 3.95. The number of aliphatic hydroxyl groups excluding tert-OH is 2. The molecule has 17 heavy (non-hydrogen) atoms. The van der Waals surface area contributed by atoms with Crippen molar-refractivity contribution in [1.29, 1.82) is 0 Å². The fraction of sp³-hybridized carbons (Fsp3) is 0.400. The van der Waals surface area contributed by atoms with Crippen LogP contribution in [0.2, 0.25) is 0 Å². The van der Waals surface area contributed by atoms with E-state index in [4.69, 9.17) is 0 Å². The molecule has 7 nitrogen and oxygen atoms in total. The molecular weight excluding hydrogens is 228 g/mol. The van der Waals surface area contributed by atoms with Crippen molar-refractivity contribution in [3.8, 4) is 0 Å². The summed E-state index contributed by atoms with van der Waals surface area (Å²) in [6.45, 7) is 1.99. The Balaban J connectivity index is 2.21. The second-order valence-electron chi connectivity index (χ2n) is 3.91. The maximum Gasteiger partial charge on any atom is 0.384 e. The SMILES string of the molecule is CC1C=CNN1CC1=C(O)C(O)(O)OC=C1O. The van der Waals surface area contributed by atoms with Gasteiger partial charge in [-0.15, -0.1) is 0 Å². The predicted molar refractivity (Wildman–Crippen MR) is 57.1 cm³/mol. The largest absolute Gasteiger partial charge is 0.504 e. The van der Waals surface area contributed by atoms with Gasteiger partial charge < -0.3 is 30.6 Å². The summed E-state index contributed by atoms with van der Waals surface area (Å²) in [6.07, 6.45) is 4.37.